The normalized spacial score (nSPS) is 9.88. The largest absolute Gasteiger partial charge is 0.493 e. The molecule has 0 saturated heterocycles. The van der Waals surface area contributed by atoms with Gasteiger partial charge in [0, 0.05) is 18.7 Å². The van der Waals surface area contributed by atoms with E-state index in [-0.39, 0.29) is 12.4 Å². The highest BCUT2D eigenvalue weighted by molar-refractivity contribution is 5.97. The molecule has 1 N–H and O–H groups in total. The van der Waals surface area contributed by atoms with Gasteiger partial charge in [0.05, 0.1) is 21.3 Å². The molecule has 6 heteroatoms. The number of hydrogen-bond donors (Lipinski definition) is 1. The Bertz CT molecular complexity index is 476. The molecule has 5 nitrogen and oxygen atoms in total. The van der Waals surface area contributed by atoms with E-state index in [0.717, 1.165) is 44.3 Å². The molecule has 0 aliphatic carbocycles. The Balaban J connectivity index is 0.00000529. The molecule has 1 rings (SSSR count). The van der Waals surface area contributed by atoms with Gasteiger partial charge in [0.25, 0.3) is 0 Å². The van der Waals surface area contributed by atoms with Crippen LogP contribution in [0.4, 0.5) is 0 Å². The van der Waals surface area contributed by atoms with Crippen LogP contribution in [0.25, 0.3) is 0 Å². The summed E-state index contributed by atoms with van der Waals surface area (Å²) in [7, 11) is 4.77. The SMILES string of the molecule is CCCCN(CCCC)C(=N)c1cc(OC)c(OC)c(OC)c1.Cl. The molecule has 0 radical (unpaired) electrons. The predicted octanol–water partition coefficient (Wildman–Crippen LogP) is 4.36. The summed E-state index contributed by atoms with van der Waals surface area (Å²) in [6.45, 7) is 6.13. The van der Waals surface area contributed by atoms with E-state index in [0.29, 0.717) is 23.1 Å². The Labute approximate surface area is 152 Å². The fraction of sp³-hybridized carbons (Fsp3) is 0.611. The molecular formula is C18H31ClN2O3. The van der Waals surface area contributed by atoms with Gasteiger partial charge in [-0.05, 0) is 25.0 Å². The van der Waals surface area contributed by atoms with Gasteiger partial charge in [0.2, 0.25) is 5.75 Å². The standard InChI is InChI=1S/C18H30N2O3.ClH/c1-6-8-10-20(11-9-7-2)18(19)14-12-15(21-3)17(23-5)16(13-14)22-4;/h12-13,19H,6-11H2,1-5H3;1H. The highest BCUT2D eigenvalue weighted by Crippen LogP contribution is 2.38. The van der Waals surface area contributed by atoms with E-state index in [4.69, 9.17) is 19.6 Å². The Hall–Kier alpha value is -1.62. The molecule has 0 unspecified atom stereocenters. The summed E-state index contributed by atoms with van der Waals surface area (Å²) in [5, 5.41) is 8.59. The van der Waals surface area contributed by atoms with Crippen LogP contribution in [-0.4, -0.2) is 45.2 Å². The highest BCUT2D eigenvalue weighted by atomic mass is 35.5. The number of rotatable bonds is 10. The monoisotopic (exact) mass is 358 g/mol. The van der Waals surface area contributed by atoms with Gasteiger partial charge in [-0.15, -0.1) is 12.4 Å². The number of nitrogens with zero attached hydrogens (tertiary/aromatic N) is 1. The number of amidine groups is 1. The molecule has 0 aliphatic heterocycles. The van der Waals surface area contributed by atoms with E-state index in [2.05, 4.69) is 18.7 Å². The fourth-order valence-corrected chi connectivity index (χ4v) is 2.43. The molecule has 0 amide bonds. The van der Waals surface area contributed by atoms with Crippen molar-refractivity contribution in [1.29, 1.82) is 5.41 Å². The Morgan fingerprint density at radius 3 is 1.71 bits per heavy atom. The third-order valence-corrected chi connectivity index (χ3v) is 3.82. The first-order chi connectivity index (χ1) is 11.1. The zero-order valence-corrected chi connectivity index (χ0v) is 16.3. The second-order valence-corrected chi connectivity index (χ2v) is 5.46. The minimum absolute atomic E-state index is 0. The van der Waals surface area contributed by atoms with Crippen molar-refractivity contribution in [1.82, 2.24) is 4.90 Å². The molecule has 1 aromatic rings. The van der Waals surface area contributed by atoms with Crippen molar-refractivity contribution in [3.8, 4) is 17.2 Å². The molecule has 0 bridgehead atoms. The van der Waals surface area contributed by atoms with Gasteiger partial charge in [-0.3, -0.25) is 5.41 Å². The molecule has 0 saturated carbocycles. The Morgan fingerprint density at radius 2 is 1.38 bits per heavy atom. The molecule has 138 valence electrons. The maximum absolute atomic E-state index is 8.59. The molecule has 0 heterocycles. The summed E-state index contributed by atoms with van der Waals surface area (Å²) >= 11 is 0. The molecule has 0 aromatic heterocycles. The van der Waals surface area contributed by atoms with Crippen LogP contribution in [0.2, 0.25) is 0 Å². The van der Waals surface area contributed by atoms with Crippen molar-refractivity contribution < 1.29 is 14.2 Å². The lowest BCUT2D eigenvalue weighted by Gasteiger charge is -2.26. The van der Waals surface area contributed by atoms with Gasteiger partial charge in [-0.1, -0.05) is 26.7 Å². The number of benzene rings is 1. The first-order valence-electron chi connectivity index (χ1n) is 8.26. The maximum atomic E-state index is 8.59. The molecule has 0 aliphatic rings. The van der Waals surface area contributed by atoms with E-state index < -0.39 is 0 Å². The molecule has 0 atom stereocenters. The van der Waals surface area contributed by atoms with Crippen molar-refractivity contribution >= 4 is 18.2 Å². The third kappa shape index (κ3) is 5.78. The van der Waals surface area contributed by atoms with Crippen molar-refractivity contribution in [2.24, 2.45) is 0 Å². The number of methoxy groups -OCH3 is 3. The van der Waals surface area contributed by atoms with Gasteiger partial charge in [-0.2, -0.15) is 0 Å². The quantitative estimate of drug-likeness (QED) is 0.498. The van der Waals surface area contributed by atoms with Gasteiger partial charge in [0.15, 0.2) is 11.5 Å². The lowest BCUT2D eigenvalue weighted by atomic mass is 10.1. The molecule has 1 aromatic carbocycles. The zero-order chi connectivity index (χ0) is 17.2. The lowest BCUT2D eigenvalue weighted by Crippen LogP contribution is -2.33. The smallest absolute Gasteiger partial charge is 0.203 e. The minimum atomic E-state index is 0. The van der Waals surface area contributed by atoms with Crippen LogP contribution >= 0.6 is 12.4 Å². The van der Waals surface area contributed by atoms with Gasteiger partial charge < -0.3 is 19.1 Å². The minimum Gasteiger partial charge on any atom is -0.493 e. The number of unbranched alkanes of at least 4 members (excludes halogenated alkanes) is 2. The third-order valence-electron chi connectivity index (χ3n) is 3.82. The summed E-state index contributed by atoms with van der Waals surface area (Å²) in [5.74, 6) is 2.22. The number of ether oxygens (including phenoxy) is 3. The topological polar surface area (TPSA) is 54.8 Å². The van der Waals surface area contributed by atoms with Crippen LogP contribution < -0.4 is 14.2 Å². The van der Waals surface area contributed by atoms with E-state index >= 15 is 0 Å². The number of nitrogens with one attached hydrogen (secondary N) is 1. The van der Waals surface area contributed by atoms with Crippen LogP contribution in [-0.2, 0) is 0 Å². The average Bonchev–Trinajstić information content (AvgIpc) is 2.59. The highest BCUT2D eigenvalue weighted by Gasteiger charge is 2.18. The molecule has 24 heavy (non-hydrogen) atoms. The van der Waals surface area contributed by atoms with Crippen LogP contribution in [0.15, 0.2) is 12.1 Å². The van der Waals surface area contributed by atoms with Crippen LogP contribution in [0.3, 0.4) is 0 Å². The maximum Gasteiger partial charge on any atom is 0.203 e. The summed E-state index contributed by atoms with van der Waals surface area (Å²) in [4.78, 5) is 2.13. The van der Waals surface area contributed by atoms with Crippen LogP contribution in [0, 0.1) is 5.41 Å². The van der Waals surface area contributed by atoms with Gasteiger partial charge in [-0.25, -0.2) is 0 Å². The van der Waals surface area contributed by atoms with Crippen molar-refractivity contribution in [2.45, 2.75) is 39.5 Å². The second kappa shape index (κ2) is 11.8. The van der Waals surface area contributed by atoms with Gasteiger partial charge >= 0.3 is 0 Å². The Morgan fingerprint density at radius 1 is 0.917 bits per heavy atom. The first kappa shape index (κ1) is 22.4. The molecule has 0 spiro atoms. The zero-order valence-electron chi connectivity index (χ0n) is 15.5. The van der Waals surface area contributed by atoms with E-state index in [1.165, 1.54) is 0 Å². The summed E-state index contributed by atoms with van der Waals surface area (Å²) < 4.78 is 16.1. The van der Waals surface area contributed by atoms with Crippen molar-refractivity contribution in [2.75, 3.05) is 34.4 Å². The summed E-state index contributed by atoms with van der Waals surface area (Å²) in [5.41, 5.74) is 0.784. The number of halogens is 1. The average molecular weight is 359 g/mol. The fourth-order valence-electron chi connectivity index (χ4n) is 2.43. The van der Waals surface area contributed by atoms with E-state index in [9.17, 15) is 0 Å². The van der Waals surface area contributed by atoms with E-state index in [1.54, 1.807) is 21.3 Å². The predicted molar refractivity (Wildman–Crippen MR) is 102 cm³/mol. The second-order valence-electron chi connectivity index (χ2n) is 5.46. The first-order valence-corrected chi connectivity index (χ1v) is 8.26. The summed E-state index contributed by atoms with van der Waals surface area (Å²) in [6.07, 6.45) is 4.39. The van der Waals surface area contributed by atoms with Crippen LogP contribution in [0.1, 0.15) is 45.1 Å². The van der Waals surface area contributed by atoms with Gasteiger partial charge in [0.1, 0.15) is 5.84 Å². The molecular weight excluding hydrogens is 328 g/mol. The van der Waals surface area contributed by atoms with Crippen LogP contribution in [0.5, 0.6) is 17.2 Å². The molecule has 0 fully saturated rings. The van der Waals surface area contributed by atoms with Crippen molar-refractivity contribution in [3.63, 3.8) is 0 Å². The van der Waals surface area contributed by atoms with Crippen molar-refractivity contribution in [3.05, 3.63) is 17.7 Å². The Kier molecular flexibility index (Phi) is 11.0. The lowest BCUT2D eigenvalue weighted by molar-refractivity contribution is 0.324. The van der Waals surface area contributed by atoms with E-state index in [1.807, 2.05) is 12.1 Å². The summed E-state index contributed by atoms with van der Waals surface area (Å²) in [6, 6.07) is 3.68. The number of hydrogen-bond acceptors (Lipinski definition) is 4.